The zero-order valence-corrected chi connectivity index (χ0v) is 26.3. The van der Waals surface area contributed by atoms with Crippen molar-refractivity contribution in [3.05, 3.63) is 0 Å². The van der Waals surface area contributed by atoms with Crippen LogP contribution in [0.1, 0.15) is 118 Å². The molecule has 8 atom stereocenters. The van der Waals surface area contributed by atoms with Crippen molar-refractivity contribution in [1.82, 2.24) is 5.32 Å². The van der Waals surface area contributed by atoms with Gasteiger partial charge in [0, 0.05) is 19.3 Å². The Balaban J connectivity index is 0.00000304. The van der Waals surface area contributed by atoms with Gasteiger partial charge >= 0.3 is 0 Å². The van der Waals surface area contributed by atoms with E-state index in [0.717, 1.165) is 55.5 Å². The van der Waals surface area contributed by atoms with Crippen LogP contribution in [0.5, 0.6) is 0 Å². The average Bonchev–Trinajstić information content (AvgIpc) is 3.47. The van der Waals surface area contributed by atoms with Crippen LogP contribution < -0.4 is 29.3 Å². The summed E-state index contributed by atoms with van der Waals surface area (Å²) in [6, 6.07) is 0. The molecule has 0 aromatic carbocycles. The smallest absolute Gasteiger partial charge is 0.220 e. The van der Waals surface area contributed by atoms with Crippen molar-refractivity contribution in [2.24, 2.45) is 46.3 Å². The molecule has 0 spiro atoms. The first-order chi connectivity index (χ1) is 16.8. The first-order valence-electron chi connectivity index (χ1n) is 15.9. The number of nitrogens with zero attached hydrogens (tertiary/aromatic N) is 1. The number of carbonyl (C=O) groups excluding carboxylic acids is 1. The predicted octanol–water partition coefficient (Wildman–Crippen LogP) is 4.20. The van der Waals surface area contributed by atoms with Gasteiger partial charge in [0.05, 0.1) is 32.7 Å². The molecule has 1 aliphatic heterocycles. The Hall–Kier alpha value is 0.160. The third-order valence-corrected chi connectivity index (χ3v) is 13.3. The lowest BCUT2D eigenvalue weighted by molar-refractivity contribution is -0.913. The molecule has 1 amide bonds. The summed E-state index contributed by atoms with van der Waals surface area (Å²) < 4.78 is 1.22. The molecule has 36 heavy (non-hydrogen) atoms. The van der Waals surface area contributed by atoms with Gasteiger partial charge in [-0.2, -0.15) is 0 Å². The van der Waals surface area contributed by atoms with Gasteiger partial charge in [-0.15, -0.1) is 0 Å². The second kappa shape index (κ2) is 11.7. The number of quaternary nitrogens is 1. The molecule has 4 heteroatoms. The van der Waals surface area contributed by atoms with Gasteiger partial charge in [0.15, 0.2) is 0 Å². The number of likely N-dealkylation sites (tertiary alicyclic amines) is 1. The van der Waals surface area contributed by atoms with E-state index in [2.05, 4.69) is 33.0 Å². The van der Waals surface area contributed by atoms with Crippen LogP contribution in [0.25, 0.3) is 0 Å². The summed E-state index contributed by atoms with van der Waals surface area (Å²) >= 11 is 0. The number of carbonyl (C=O) groups is 1. The Morgan fingerprint density at radius 1 is 0.917 bits per heavy atom. The van der Waals surface area contributed by atoms with Crippen molar-refractivity contribution in [1.29, 1.82) is 0 Å². The Labute approximate surface area is 240 Å². The lowest BCUT2D eigenvalue weighted by Gasteiger charge is -2.61. The molecule has 4 saturated carbocycles. The molecule has 1 N–H and O–H groups in total. The summed E-state index contributed by atoms with van der Waals surface area (Å²) in [5, 5.41) is 3.29. The van der Waals surface area contributed by atoms with E-state index in [-0.39, 0.29) is 24.0 Å². The number of hydrogen-bond donors (Lipinski definition) is 1. The first kappa shape index (κ1) is 29.2. The van der Waals surface area contributed by atoms with E-state index < -0.39 is 0 Å². The molecule has 5 fully saturated rings. The summed E-state index contributed by atoms with van der Waals surface area (Å²) in [6.07, 6.45) is 19.4. The zero-order valence-electron chi connectivity index (χ0n) is 24.1. The second-order valence-corrected chi connectivity index (χ2v) is 14.5. The van der Waals surface area contributed by atoms with Crippen LogP contribution in [-0.4, -0.2) is 43.1 Å². The Morgan fingerprint density at radius 2 is 1.67 bits per heavy atom. The fourth-order valence-corrected chi connectivity index (χ4v) is 11.1. The molecule has 3 nitrogen and oxygen atoms in total. The van der Waals surface area contributed by atoms with Crippen molar-refractivity contribution in [3.63, 3.8) is 0 Å². The SMILES string of the molecule is CC[N+]1(CCNC(=O)CC[C@@H](C)[C@H]2CC[C@H]3[C@@H]4CCC5CCCC[C@]5(C)[C@H]4CC[C@]23C)CCCC1.[I-]. The lowest BCUT2D eigenvalue weighted by atomic mass is 9.44. The van der Waals surface area contributed by atoms with Crippen LogP contribution in [0, 0.1) is 46.3 Å². The van der Waals surface area contributed by atoms with Crippen LogP contribution in [0.3, 0.4) is 0 Å². The number of amides is 1. The largest absolute Gasteiger partial charge is 1.00 e. The minimum atomic E-state index is 0. The van der Waals surface area contributed by atoms with Crippen molar-refractivity contribution in [2.75, 3.05) is 32.7 Å². The highest BCUT2D eigenvalue weighted by Gasteiger charge is 2.60. The van der Waals surface area contributed by atoms with Gasteiger partial charge in [-0.3, -0.25) is 4.79 Å². The molecular formula is C32H57IN2O. The highest BCUT2D eigenvalue weighted by molar-refractivity contribution is 5.75. The van der Waals surface area contributed by atoms with Gasteiger partial charge in [0.2, 0.25) is 5.91 Å². The summed E-state index contributed by atoms with van der Waals surface area (Å²) in [5.74, 6) is 5.79. The standard InChI is InChI=1S/C32H56N2O.HI/c1-5-34(21-8-9-22-34)23-20-33-30(35)16-11-24(2)27-14-15-28-26-13-12-25-10-6-7-18-31(25,3)29(26)17-19-32(27,28)4;/h24-29H,5-23H2,1-4H3;1H/t24-,25?,26+,27-,28+,29+,31+,32-;/m1./s1. The van der Waals surface area contributed by atoms with Crippen molar-refractivity contribution >= 4 is 5.91 Å². The van der Waals surface area contributed by atoms with E-state index in [1.165, 1.54) is 101 Å². The Bertz CT molecular complexity index is 750. The number of nitrogens with one attached hydrogen (secondary N) is 1. The van der Waals surface area contributed by atoms with Crippen LogP contribution in [-0.2, 0) is 4.79 Å². The third-order valence-electron chi connectivity index (χ3n) is 13.3. The lowest BCUT2D eigenvalue weighted by Crippen LogP contribution is -3.00. The number of hydrogen-bond acceptors (Lipinski definition) is 1. The molecule has 1 saturated heterocycles. The number of halogens is 1. The van der Waals surface area contributed by atoms with E-state index in [9.17, 15) is 4.79 Å². The summed E-state index contributed by atoms with van der Waals surface area (Å²) in [5.41, 5.74) is 1.18. The molecule has 5 aliphatic rings. The first-order valence-corrected chi connectivity index (χ1v) is 15.9. The van der Waals surface area contributed by atoms with Crippen molar-refractivity contribution in [3.8, 4) is 0 Å². The molecule has 0 bridgehead atoms. The summed E-state index contributed by atoms with van der Waals surface area (Å²) in [6.45, 7) is 16.0. The van der Waals surface area contributed by atoms with Crippen LogP contribution >= 0.6 is 0 Å². The molecule has 1 heterocycles. The minimum Gasteiger partial charge on any atom is -1.00 e. The molecule has 0 radical (unpaired) electrons. The summed E-state index contributed by atoms with van der Waals surface area (Å²) in [4.78, 5) is 12.7. The third kappa shape index (κ3) is 5.30. The zero-order chi connectivity index (χ0) is 24.7. The topological polar surface area (TPSA) is 29.1 Å². The second-order valence-electron chi connectivity index (χ2n) is 14.5. The van der Waals surface area contributed by atoms with Gasteiger partial charge in [-0.25, -0.2) is 0 Å². The monoisotopic (exact) mass is 612 g/mol. The molecule has 208 valence electrons. The normalized spacial score (nSPS) is 41.9. The van der Waals surface area contributed by atoms with E-state index in [4.69, 9.17) is 0 Å². The van der Waals surface area contributed by atoms with E-state index in [1.54, 1.807) is 0 Å². The summed E-state index contributed by atoms with van der Waals surface area (Å²) in [7, 11) is 0. The maximum atomic E-state index is 12.7. The van der Waals surface area contributed by atoms with Crippen LogP contribution in [0.4, 0.5) is 0 Å². The average molecular weight is 613 g/mol. The van der Waals surface area contributed by atoms with Crippen molar-refractivity contribution in [2.45, 2.75) is 118 Å². The quantitative estimate of drug-likeness (QED) is 0.323. The van der Waals surface area contributed by atoms with E-state index in [0.29, 0.717) is 22.7 Å². The molecule has 1 unspecified atom stereocenters. The van der Waals surface area contributed by atoms with Crippen molar-refractivity contribution < 1.29 is 33.3 Å². The minimum absolute atomic E-state index is 0. The predicted molar refractivity (Wildman–Crippen MR) is 146 cm³/mol. The Kier molecular flexibility index (Phi) is 9.49. The molecule has 5 rings (SSSR count). The van der Waals surface area contributed by atoms with Gasteiger partial charge in [0.1, 0.15) is 0 Å². The Morgan fingerprint density at radius 3 is 2.42 bits per heavy atom. The van der Waals surface area contributed by atoms with E-state index in [1.807, 2.05) is 0 Å². The highest BCUT2D eigenvalue weighted by Crippen LogP contribution is 2.68. The molecule has 0 aromatic rings. The van der Waals surface area contributed by atoms with Gasteiger partial charge in [0.25, 0.3) is 0 Å². The maximum Gasteiger partial charge on any atom is 0.220 e. The van der Waals surface area contributed by atoms with Gasteiger partial charge < -0.3 is 33.8 Å². The molecule has 0 aromatic heterocycles. The molecular weight excluding hydrogens is 555 g/mol. The highest BCUT2D eigenvalue weighted by atomic mass is 127. The fraction of sp³-hybridized carbons (Fsp3) is 0.969. The number of fused-ring (bicyclic) bond motifs is 5. The maximum absolute atomic E-state index is 12.7. The van der Waals surface area contributed by atoms with Gasteiger partial charge in [-0.05, 0) is 111 Å². The fourth-order valence-electron chi connectivity index (χ4n) is 11.1. The van der Waals surface area contributed by atoms with Crippen LogP contribution in [0.15, 0.2) is 0 Å². The number of likely N-dealkylation sites (N-methyl/N-ethyl adjacent to an activating group) is 1. The number of rotatable bonds is 8. The van der Waals surface area contributed by atoms with Crippen LogP contribution in [0.2, 0.25) is 0 Å². The van der Waals surface area contributed by atoms with E-state index >= 15 is 0 Å². The molecule has 4 aliphatic carbocycles. The van der Waals surface area contributed by atoms with Gasteiger partial charge in [-0.1, -0.05) is 33.6 Å².